The maximum atomic E-state index is 12.0. The van der Waals surface area contributed by atoms with Crippen molar-refractivity contribution >= 4 is 11.9 Å². The molecule has 0 aromatic heterocycles. The number of carbonyl (C=O) groups is 2. The van der Waals surface area contributed by atoms with Crippen molar-refractivity contribution in [2.75, 3.05) is 6.54 Å². The van der Waals surface area contributed by atoms with Gasteiger partial charge in [0.1, 0.15) is 6.10 Å². The largest absolute Gasteiger partial charge is 0.490 e. The number of piperazine rings is 1. The van der Waals surface area contributed by atoms with Gasteiger partial charge in [0.15, 0.2) is 0 Å². The number of alkyl halides is 3. The monoisotopic (exact) mass is 266 g/mol. The first-order chi connectivity index (χ1) is 8.28. The van der Waals surface area contributed by atoms with E-state index >= 15 is 0 Å². The molecule has 0 bridgehead atoms. The number of hydrogen-bond donors (Lipinski definition) is 2. The Morgan fingerprint density at radius 2 is 2.22 bits per heavy atom. The summed E-state index contributed by atoms with van der Waals surface area (Å²) in [5.74, 6) is -2.48. The number of carbonyl (C=O) groups excluding carboxylic acids is 2. The van der Waals surface area contributed by atoms with Crippen LogP contribution in [0.15, 0.2) is 0 Å². The molecule has 18 heavy (non-hydrogen) atoms. The Morgan fingerprint density at radius 1 is 1.56 bits per heavy atom. The van der Waals surface area contributed by atoms with Gasteiger partial charge in [-0.3, -0.25) is 4.79 Å². The summed E-state index contributed by atoms with van der Waals surface area (Å²) in [6.45, 7) is 2.14. The molecule has 102 valence electrons. The molecule has 2 aliphatic rings. The summed E-state index contributed by atoms with van der Waals surface area (Å²) in [5, 5.41) is 5.56. The standard InChI is InChI=1S/C10H13F3N2O3/c1-2-5-7(16)15-9(4-14-5)3-6(9)18-8(17)10(11,12)13/h5-6,14H,2-4H2,1H3,(H,15,16). The summed E-state index contributed by atoms with van der Waals surface area (Å²) in [4.78, 5) is 22.2. The third kappa shape index (κ3) is 2.29. The quantitative estimate of drug-likeness (QED) is 0.696. The zero-order chi connectivity index (χ0) is 13.6. The summed E-state index contributed by atoms with van der Waals surface area (Å²) in [5.41, 5.74) is -0.857. The summed E-state index contributed by atoms with van der Waals surface area (Å²) >= 11 is 0. The lowest BCUT2D eigenvalue weighted by atomic mass is 10.1. The molecule has 5 nitrogen and oxygen atoms in total. The van der Waals surface area contributed by atoms with Crippen molar-refractivity contribution in [3.63, 3.8) is 0 Å². The van der Waals surface area contributed by atoms with E-state index in [9.17, 15) is 22.8 Å². The fraction of sp³-hybridized carbons (Fsp3) is 0.800. The molecule has 1 saturated heterocycles. The molecular formula is C10H13F3N2O3. The second kappa shape index (κ2) is 4.11. The predicted molar refractivity (Wildman–Crippen MR) is 53.5 cm³/mol. The Kier molecular flexibility index (Phi) is 3.00. The van der Waals surface area contributed by atoms with Crippen LogP contribution in [0.1, 0.15) is 19.8 Å². The minimum Gasteiger partial charge on any atom is -0.453 e. The second-order valence-electron chi connectivity index (χ2n) is 4.58. The van der Waals surface area contributed by atoms with Crippen LogP contribution in [-0.4, -0.2) is 42.3 Å². The van der Waals surface area contributed by atoms with Crippen molar-refractivity contribution in [2.24, 2.45) is 0 Å². The van der Waals surface area contributed by atoms with E-state index < -0.39 is 23.8 Å². The average molecular weight is 266 g/mol. The number of amides is 1. The number of ether oxygens (including phenoxy) is 1. The van der Waals surface area contributed by atoms with Crippen LogP contribution in [0.5, 0.6) is 0 Å². The lowest BCUT2D eigenvalue weighted by molar-refractivity contribution is -0.201. The summed E-state index contributed by atoms with van der Waals surface area (Å²) in [7, 11) is 0. The van der Waals surface area contributed by atoms with Crippen molar-refractivity contribution in [2.45, 2.75) is 43.6 Å². The highest BCUT2D eigenvalue weighted by molar-refractivity contribution is 5.84. The van der Waals surface area contributed by atoms with Gasteiger partial charge in [-0.1, -0.05) is 6.92 Å². The van der Waals surface area contributed by atoms with E-state index in [0.717, 1.165) is 0 Å². The van der Waals surface area contributed by atoms with Crippen LogP contribution < -0.4 is 10.6 Å². The summed E-state index contributed by atoms with van der Waals surface area (Å²) in [6, 6.07) is -0.338. The van der Waals surface area contributed by atoms with Crippen LogP contribution in [0.2, 0.25) is 0 Å². The fourth-order valence-corrected chi connectivity index (χ4v) is 2.04. The molecule has 2 rings (SSSR count). The van der Waals surface area contributed by atoms with Gasteiger partial charge in [0.05, 0.1) is 11.6 Å². The average Bonchev–Trinajstić information content (AvgIpc) is 2.89. The van der Waals surface area contributed by atoms with Crippen molar-refractivity contribution in [1.82, 2.24) is 10.6 Å². The van der Waals surface area contributed by atoms with E-state index in [1.54, 1.807) is 0 Å². The minimum atomic E-state index is -5.00. The maximum Gasteiger partial charge on any atom is 0.490 e. The molecule has 1 aliphatic carbocycles. The summed E-state index contributed by atoms with van der Waals surface area (Å²) < 4.78 is 40.3. The Balaban J connectivity index is 1.91. The second-order valence-corrected chi connectivity index (χ2v) is 4.58. The topological polar surface area (TPSA) is 67.4 Å². The zero-order valence-electron chi connectivity index (χ0n) is 9.63. The predicted octanol–water partition coefficient (Wildman–Crippen LogP) is 0.101. The molecule has 1 amide bonds. The number of nitrogens with one attached hydrogen (secondary N) is 2. The molecule has 2 fully saturated rings. The van der Waals surface area contributed by atoms with Gasteiger partial charge in [-0.05, 0) is 6.42 Å². The fourth-order valence-electron chi connectivity index (χ4n) is 2.04. The van der Waals surface area contributed by atoms with Gasteiger partial charge >= 0.3 is 12.1 Å². The normalized spacial score (nSPS) is 35.2. The van der Waals surface area contributed by atoms with E-state index in [1.807, 2.05) is 6.92 Å². The third-order valence-electron chi connectivity index (χ3n) is 3.25. The third-order valence-corrected chi connectivity index (χ3v) is 3.25. The summed E-state index contributed by atoms with van der Waals surface area (Å²) in [6.07, 6.45) is -5.10. The van der Waals surface area contributed by atoms with E-state index in [2.05, 4.69) is 15.4 Å². The SMILES string of the molecule is CCC1NCC2(CC2OC(=O)C(F)(F)F)NC1=O. The lowest BCUT2D eigenvalue weighted by Gasteiger charge is -2.30. The Hall–Kier alpha value is -1.31. The van der Waals surface area contributed by atoms with E-state index in [-0.39, 0.29) is 18.4 Å². The van der Waals surface area contributed by atoms with Crippen LogP contribution >= 0.6 is 0 Å². The molecular weight excluding hydrogens is 253 g/mol. The molecule has 2 N–H and O–H groups in total. The van der Waals surface area contributed by atoms with E-state index in [0.29, 0.717) is 13.0 Å². The van der Waals surface area contributed by atoms with Crippen LogP contribution in [0, 0.1) is 0 Å². The van der Waals surface area contributed by atoms with Gasteiger partial charge < -0.3 is 15.4 Å². The Labute approximate surface area is 101 Å². The lowest BCUT2D eigenvalue weighted by Crippen LogP contribution is -2.61. The van der Waals surface area contributed by atoms with Crippen molar-refractivity contribution < 1.29 is 27.5 Å². The molecule has 1 saturated carbocycles. The molecule has 3 atom stereocenters. The Morgan fingerprint density at radius 3 is 2.72 bits per heavy atom. The van der Waals surface area contributed by atoms with Crippen molar-refractivity contribution in [3.05, 3.63) is 0 Å². The van der Waals surface area contributed by atoms with E-state index in [1.165, 1.54) is 0 Å². The molecule has 0 aromatic carbocycles. The van der Waals surface area contributed by atoms with Gasteiger partial charge in [0.2, 0.25) is 5.91 Å². The first-order valence-corrected chi connectivity index (χ1v) is 5.62. The maximum absolute atomic E-state index is 12.0. The molecule has 0 aromatic rings. The number of esters is 1. The number of halogens is 3. The highest BCUT2D eigenvalue weighted by Gasteiger charge is 2.62. The van der Waals surface area contributed by atoms with Gasteiger partial charge in [-0.25, -0.2) is 4.79 Å². The van der Waals surface area contributed by atoms with Crippen molar-refractivity contribution in [1.29, 1.82) is 0 Å². The van der Waals surface area contributed by atoms with Crippen LogP contribution in [0.3, 0.4) is 0 Å². The minimum absolute atomic E-state index is 0.212. The Bertz CT molecular complexity index is 385. The molecule has 1 heterocycles. The highest BCUT2D eigenvalue weighted by Crippen LogP contribution is 2.41. The number of rotatable bonds is 2. The van der Waals surface area contributed by atoms with Crippen LogP contribution in [-0.2, 0) is 14.3 Å². The molecule has 1 spiro atoms. The van der Waals surface area contributed by atoms with Gasteiger partial charge in [-0.2, -0.15) is 13.2 Å². The first kappa shape index (κ1) is 13.1. The zero-order valence-corrected chi connectivity index (χ0v) is 9.63. The van der Waals surface area contributed by atoms with Gasteiger partial charge in [-0.15, -0.1) is 0 Å². The van der Waals surface area contributed by atoms with Crippen LogP contribution in [0.25, 0.3) is 0 Å². The molecule has 1 aliphatic heterocycles. The molecule has 8 heteroatoms. The highest BCUT2D eigenvalue weighted by atomic mass is 19.4. The smallest absolute Gasteiger partial charge is 0.453 e. The van der Waals surface area contributed by atoms with E-state index in [4.69, 9.17) is 0 Å². The number of hydrogen-bond acceptors (Lipinski definition) is 4. The van der Waals surface area contributed by atoms with Gasteiger partial charge in [0, 0.05) is 13.0 Å². The van der Waals surface area contributed by atoms with Gasteiger partial charge in [0.25, 0.3) is 0 Å². The first-order valence-electron chi connectivity index (χ1n) is 5.62. The molecule has 0 radical (unpaired) electrons. The molecule has 3 unspecified atom stereocenters. The van der Waals surface area contributed by atoms with Crippen molar-refractivity contribution in [3.8, 4) is 0 Å². The van der Waals surface area contributed by atoms with Crippen LogP contribution in [0.4, 0.5) is 13.2 Å².